The van der Waals surface area contributed by atoms with Crippen molar-refractivity contribution >= 4 is 39.2 Å². The smallest absolute Gasteiger partial charge is 0.406 e. The van der Waals surface area contributed by atoms with Crippen molar-refractivity contribution in [1.29, 1.82) is 0 Å². The SMILES string of the molecule is CC(=O)Nc1nnc(N2CCC(c3ccc(NC(=O)Cc4cccc(OC(F)(F)F)c4)nn3)C2)s1. The second kappa shape index (κ2) is 10.2. The molecule has 14 heteroatoms. The van der Waals surface area contributed by atoms with E-state index in [1.807, 2.05) is 0 Å². The fraction of sp³-hybridized carbons (Fsp3) is 0.333. The molecule has 184 valence electrons. The van der Waals surface area contributed by atoms with Crippen LogP contribution < -0.4 is 20.3 Å². The highest BCUT2D eigenvalue weighted by molar-refractivity contribution is 7.19. The molecular formula is C21H20F3N7O3S. The van der Waals surface area contributed by atoms with Gasteiger partial charge in [0.15, 0.2) is 5.82 Å². The zero-order chi connectivity index (χ0) is 25.0. The molecule has 0 saturated carbocycles. The number of nitrogens with zero attached hydrogens (tertiary/aromatic N) is 5. The van der Waals surface area contributed by atoms with Crippen molar-refractivity contribution in [3.8, 4) is 5.75 Å². The highest BCUT2D eigenvalue weighted by Gasteiger charge is 2.31. The minimum Gasteiger partial charge on any atom is -0.406 e. The van der Waals surface area contributed by atoms with Crippen LogP contribution in [0.3, 0.4) is 0 Å². The average molecular weight is 507 g/mol. The van der Waals surface area contributed by atoms with Crippen LogP contribution in [0.4, 0.5) is 29.3 Å². The van der Waals surface area contributed by atoms with Crippen LogP contribution in [0.2, 0.25) is 0 Å². The van der Waals surface area contributed by atoms with Gasteiger partial charge in [-0.25, -0.2) is 0 Å². The van der Waals surface area contributed by atoms with E-state index in [1.54, 1.807) is 12.1 Å². The van der Waals surface area contributed by atoms with Gasteiger partial charge in [0.2, 0.25) is 22.1 Å². The molecule has 1 aromatic carbocycles. The lowest BCUT2D eigenvalue weighted by Gasteiger charge is -2.14. The van der Waals surface area contributed by atoms with Crippen LogP contribution in [0.25, 0.3) is 0 Å². The largest absolute Gasteiger partial charge is 0.573 e. The van der Waals surface area contributed by atoms with Gasteiger partial charge in [0, 0.05) is 25.9 Å². The number of carbonyl (C=O) groups is 2. The lowest BCUT2D eigenvalue weighted by molar-refractivity contribution is -0.274. The molecule has 0 radical (unpaired) electrons. The Morgan fingerprint density at radius 3 is 2.69 bits per heavy atom. The van der Waals surface area contributed by atoms with E-state index in [9.17, 15) is 22.8 Å². The van der Waals surface area contributed by atoms with Crippen molar-refractivity contribution in [3.05, 3.63) is 47.7 Å². The molecule has 1 saturated heterocycles. The Kier molecular flexibility index (Phi) is 7.10. The minimum atomic E-state index is -4.80. The van der Waals surface area contributed by atoms with E-state index in [-0.39, 0.29) is 24.1 Å². The van der Waals surface area contributed by atoms with E-state index >= 15 is 0 Å². The summed E-state index contributed by atoms with van der Waals surface area (Å²) in [5.41, 5.74) is 1.12. The molecule has 1 fully saturated rings. The Balaban J connectivity index is 1.31. The molecule has 2 amide bonds. The van der Waals surface area contributed by atoms with Crippen molar-refractivity contribution in [2.75, 3.05) is 28.6 Å². The molecule has 1 unspecified atom stereocenters. The number of ether oxygens (including phenoxy) is 1. The first-order valence-electron chi connectivity index (χ1n) is 10.5. The molecule has 2 aromatic heterocycles. The number of benzene rings is 1. The standard InChI is InChI=1S/C21H20F3N7O3S/c1-12(32)25-19-29-30-20(35-19)31-8-7-14(11-31)16-5-6-17(28-27-16)26-18(33)10-13-3-2-4-15(9-13)34-21(22,23)24/h2-6,9,14H,7-8,10-11H2,1H3,(H,25,29,32)(H,26,28,33). The summed E-state index contributed by atoms with van der Waals surface area (Å²) >= 11 is 1.29. The van der Waals surface area contributed by atoms with E-state index in [2.05, 4.69) is 40.7 Å². The molecule has 2 N–H and O–H groups in total. The molecule has 0 aliphatic carbocycles. The highest BCUT2D eigenvalue weighted by atomic mass is 32.1. The van der Waals surface area contributed by atoms with Gasteiger partial charge in [-0.15, -0.1) is 28.5 Å². The van der Waals surface area contributed by atoms with Gasteiger partial charge >= 0.3 is 6.36 Å². The second-order valence-corrected chi connectivity index (χ2v) is 8.72. The van der Waals surface area contributed by atoms with Gasteiger partial charge in [-0.1, -0.05) is 23.5 Å². The predicted octanol–water partition coefficient (Wildman–Crippen LogP) is 3.36. The number of anilines is 3. The number of alkyl halides is 3. The fourth-order valence-corrected chi connectivity index (χ4v) is 4.40. The summed E-state index contributed by atoms with van der Waals surface area (Å²) in [6.45, 7) is 2.81. The van der Waals surface area contributed by atoms with Gasteiger partial charge in [-0.2, -0.15) is 5.10 Å². The third-order valence-electron chi connectivity index (χ3n) is 5.02. The normalized spacial score (nSPS) is 15.7. The maximum absolute atomic E-state index is 12.4. The van der Waals surface area contributed by atoms with Crippen molar-refractivity contribution in [2.45, 2.75) is 32.0 Å². The number of carbonyl (C=O) groups excluding carboxylic acids is 2. The lowest BCUT2D eigenvalue weighted by atomic mass is 10.1. The van der Waals surface area contributed by atoms with Gasteiger partial charge in [0.1, 0.15) is 5.75 Å². The molecule has 3 aromatic rings. The Labute approximate surface area is 201 Å². The Bertz CT molecular complexity index is 1200. The van der Waals surface area contributed by atoms with Crippen molar-refractivity contribution in [1.82, 2.24) is 20.4 Å². The Hall–Kier alpha value is -3.81. The topological polar surface area (TPSA) is 122 Å². The number of hydrogen-bond acceptors (Lipinski definition) is 9. The molecule has 0 spiro atoms. The molecule has 3 heterocycles. The maximum Gasteiger partial charge on any atom is 0.573 e. The third kappa shape index (κ3) is 6.85. The first-order chi connectivity index (χ1) is 16.6. The summed E-state index contributed by atoms with van der Waals surface area (Å²) in [6.07, 6.45) is -4.13. The van der Waals surface area contributed by atoms with Gasteiger partial charge < -0.3 is 20.3 Å². The number of nitrogens with one attached hydrogen (secondary N) is 2. The zero-order valence-corrected chi connectivity index (χ0v) is 19.2. The van der Waals surface area contributed by atoms with Crippen LogP contribution >= 0.6 is 11.3 Å². The summed E-state index contributed by atoms with van der Waals surface area (Å²) in [5.74, 6) is -0.706. The van der Waals surface area contributed by atoms with Crippen LogP contribution in [-0.2, 0) is 16.0 Å². The summed E-state index contributed by atoms with van der Waals surface area (Å²) in [6, 6.07) is 8.64. The number of rotatable bonds is 7. The van der Waals surface area contributed by atoms with Gasteiger partial charge in [-0.3, -0.25) is 9.59 Å². The number of aromatic nitrogens is 4. The molecule has 4 rings (SSSR count). The van der Waals surface area contributed by atoms with Gasteiger partial charge in [-0.05, 0) is 36.2 Å². The molecule has 1 atom stereocenters. The first-order valence-corrected chi connectivity index (χ1v) is 11.3. The van der Waals surface area contributed by atoms with E-state index in [4.69, 9.17) is 0 Å². The summed E-state index contributed by atoms with van der Waals surface area (Å²) in [7, 11) is 0. The van der Waals surface area contributed by atoms with Gasteiger partial charge in [0.05, 0.1) is 12.1 Å². The molecule has 1 aliphatic rings. The lowest BCUT2D eigenvalue weighted by Crippen LogP contribution is -2.19. The van der Waals surface area contributed by atoms with Crippen LogP contribution in [0.1, 0.15) is 30.5 Å². The van der Waals surface area contributed by atoms with Crippen LogP contribution in [0.15, 0.2) is 36.4 Å². The molecule has 1 aliphatic heterocycles. The van der Waals surface area contributed by atoms with Crippen molar-refractivity contribution in [3.63, 3.8) is 0 Å². The number of amides is 2. The number of halogens is 3. The van der Waals surface area contributed by atoms with E-state index < -0.39 is 18.0 Å². The summed E-state index contributed by atoms with van der Waals surface area (Å²) < 4.78 is 41.0. The Morgan fingerprint density at radius 2 is 1.97 bits per heavy atom. The predicted molar refractivity (Wildman–Crippen MR) is 121 cm³/mol. The van der Waals surface area contributed by atoms with Crippen LogP contribution in [-0.4, -0.2) is 51.7 Å². The molecule has 35 heavy (non-hydrogen) atoms. The van der Waals surface area contributed by atoms with E-state index in [0.717, 1.165) is 30.8 Å². The van der Waals surface area contributed by atoms with E-state index in [0.29, 0.717) is 22.4 Å². The van der Waals surface area contributed by atoms with E-state index in [1.165, 1.54) is 30.4 Å². The van der Waals surface area contributed by atoms with Gasteiger partial charge in [0.25, 0.3) is 0 Å². The molecular weight excluding hydrogens is 487 g/mol. The average Bonchev–Trinajstić information content (AvgIpc) is 3.42. The van der Waals surface area contributed by atoms with Crippen LogP contribution in [0, 0.1) is 0 Å². The number of hydrogen-bond donors (Lipinski definition) is 2. The Morgan fingerprint density at radius 1 is 1.14 bits per heavy atom. The first kappa shape index (κ1) is 24.3. The molecule has 0 bridgehead atoms. The quantitative estimate of drug-likeness (QED) is 0.499. The summed E-state index contributed by atoms with van der Waals surface area (Å²) in [5, 5.41) is 22.7. The maximum atomic E-state index is 12.4. The zero-order valence-electron chi connectivity index (χ0n) is 18.4. The second-order valence-electron chi connectivity index (χ2n) is 7.77. The minimum absolute atomic E-state index is 0.108. The molecule has 10 nitrogen and oxygen atoms in total. The van der Waals surface area contributed by atoms with Crippen molar-refractivity contribution < 1.29 is 27.5 Å². The summed E-state index contributed by atoms with van der Waals surface area (Å²) in [4.78, 5) is 25.5. The third-order valence-corrected chi connectivity index (χ3v) is 5.92. The van der Waals surface area contributed by atoms with Crippen molar-refractivity contribution in [2.24, 2.45) is 0 Å². The highest BCUT2D eigenvalue weighted by Crippen LogP contribution is 2.32. The van der Waals surface area contributed by atoms with Crippen LogP contribution in [0.5, 0.6) is 5.75 Å². The monoisotopic (exact) mass is 507 g/mol. The fourth-order valence-electron chi connectivity index (χ4n) is 3.57.